The molecule has 0 aliphatic heterocycles. The van der Waals surface area contributed by atoms with Gasteiger partial charge in [-0.15, -0.1) is 0 Å². The summed E-state index contributed by atoms with van der Waals surface area (Å²) in [4.78, 5) is 38.5. The van der Waals surface area contributed by atoms with E-state index in [1.54, 1.807) is 7.05 Å². The van der Waals surface area contributed by atoms with E-state index in [0.717, 1.165) is 27.8 Å². The Bertz CT molecular complexity index is 1450. The van der Waals surface area contributed by atoms with E-state index in [-0.39, 0.29) is 30.6 Å². The maximum absolute atomic E-state index is 13.2. The minimum absolute atomic E-state index is 0.0865. The molecule has 0 radical (unpaired) electrons. The standard InChI is InChI=1S/C29H26N4O5/c1-32-25(28(36)33(17-27(34)35)16-19-9-3-2-4-10-19)15-26(31-32)30-29(37)38-18-24-22-13-7-5-11-20(22)21-12-6-8-14-23(21)24/h2-15,24H,16-18H2,1H3,(H,34,35)(H,30,31,37). The largest absolute Gasteiger partial charge is 0.480 e. The van der Waals surface area contributed by atoms with Gasteiger partial charge in [-0.1, -0.05) is 78.9 Å². The second-order valence-corrected chi connectivity index (χ2v) is 9.03. The van der Waals surface area contributed by atoms with Crippen LogP contribution < -0.4 is 5.32 Å². The first-order valence-corrected chi connectivity index (χ1v) is 12.1. The van der Waals surface area contributed by atoms with Crippen molar-refractivity contribution in [3.05, 3.63) is 107 Å². The van der Waals surface area contributed by atoms with E-state index in [1.165, 1.54) is 15.6 Å². The third kappa shape index (κ3) is 5.12. The van der Waals surface area contributed by atoms with E-state index in [1.807, 2.05) is 66.7 Å². The summed E-state index contributed by atoms with van der Waals surface area (Å²) in [7, 11) is 1.55. The molecule has 192 valence electrons. The molecular formula is C29H26N4O5. The number of carboxylic acid groups (broad SMARTS) is 1. The van der Waals surface area contributed by atoms with Crippen molar-refractivity contribution in [3.63, 3.8) is 0 Å². The maximum atomic E-state index is 13.2. The van der Waals surface area contributed by atoms with E-state index in [9.17, 15) is 19.5 Å². The molecule has 0 atom stereocenters. The summed E-state index contributed by atoms with van der Waals surface area (Å²) in [6.45, 7) is -0.220. The van der Waals surface area contributed by atoms with Crippen LogP contribution in [0.25, 0.3) is 11.1 Å². The van der Waals surface area contributed by atoms with Crippen molar-refractivity contribution < 1.29 is 24.2 Å². The number of rotatable bonds is 8. The molecule has 4 aromatic rings. The minimum atomic E-state index is -1.13. The summed E-state index contributed by atoms with van der Waals surface area (Å²) >= 11 is 0. The molecule has 1 heterocycles. The predicted molar refractivity (Wildman–Crippen MR) is 141 cm³/mol. The Balaban J connectivity index is 1.26. The third-order valence-corrected chi connectivity index (χ3v) is 6.50. The van der Waals surface area contributed by atoms with Gasteiger partial charge >= 0.3 is 12.1 Å². The number of amides is 2. The number of anilines is 1. The predicted octanol–water partition coefficient (Wildman–Crippen LogP) is 4.51. The number of carbonyl (C=O) groups excluding carboxylic acids is 2. The molecule has 5 rings (SSSR count). The lowest BCUT2D eigenvalue weighted by Crippen LogP contribution is -2.36. The Labute approximate surface area is 219 Å². The summed E-state index contributed by atoms with van der Waals surface area (Å²) in [6, 6.07) is 26.6. The molecule has 9 heteroatoms. The van der Waals surface area contributed by atoms with Gasteiger partial charge in [0.15, 0.2) is 5.82 Å². The van der Waals surface area contributed by atoms with E-state index in [2.05, 4.69) is 22.5 Å². The Morgan fingerprint density at radius 1 is 0.947 bits per heavy atom. The van der Waals surface area contributed by atoms with Gasteiger partial charge in [-0.2, -0.15) is 5.10 Å². The number of hydrogen-bond donors (Lipinski definition) is 2. The molecule has 0 spiro atoms. The highest BCUT2D eigenvalue weighted by molar-refractivity contribution is 5.96. The number of aryl methyl sites for hydroxylation is 1. The van der Waals surface area contributed by atoms with Crippen LogP contribution in [0.3, 0.4) is 0 Å². The summed E-state index contributed by atoms with van der Waals surface area (Å²) in [5.41, 5.74) is 5.39. The van der Waals surface area contributed by atoms with Crippen molar-refractivity contribution >= 4 is 23.8 Å². The van der Waals surface area contributed by atoms with Crippen LogP contribution in [0.1, 0.15) is 33.1 Å². The van der Waals surface area contributed by atoms with Crippen LogP contribution in [0.2, 0.25) is 0 Å². The van der Waals surface area contributed by atoms with Crippen LogP contribution in [-0.2, 0) is 23.1 Å². The first kappa shape index (κ1) is 24.8. The zero-order valence-corrected chi connectivity index (χ0v) is 20.7. The zero-order valence-electron chi connectivity index (χ0n) is 20.7. The fraction of sp³-hybridized carbons (Fsp3) is 0.172. The number of carboxylic acids is 1. The van der Waals surface area contributed by atoms with Crippen molar-refractivity contribution in [1.29, 1.82) is 0 Å². The van der Waals surface area contributed by atoms with Gasteiger partial charge in [0.25, 0.3) is 5.91 Å². The lowest BCUT2D eigenvalue weighted by Gasteiger charge is -2.20. The monoisotopic (exact) mass is 510 g/mol. The molecule has 0 bridgehead atoms. The molecule has 2 N–H and O–H groups in total. The van der Waals surface area contributed by atoms with Crippen LogP contribution in [0.4, 0.5) is 10.6 Å². The average Bonchev–Trinajstić information content (AvgIpc) is 3.44. The minimum Gasteiger partial charge on any atom is -0.480 e. The molecule has 0 saturated carbocycles. The second kappa shape index (κ2) is 10.6. The van der Waals surface area contributed by atoms with Gasteiger partial charge in [0.1, 0.15) is 18.8 Å². The number of carbonyl (C=O) groups is 3. The van der Waals surface area contributed by atoms with E-state index in [0.29, 0.717) is 0 Å². The van der Waals surface area contributed by atoms with Crippen LogP contribution in [0, 0.1) is 0 Å². The smallest absolute Gasteiger partial charge is 0.412 e. The SMILES string of the molecule is Cn1nc(NC(=O)OCC2c3ccccc3-c3ccccc32)cc1C(=O)N(CC(=O)O)Cc1ccccc1. The highest BCUT2D eigenvalue weighted by atomic mass is 16.5. The Kier molecular flexibility index (Phi) is 6.90. The van der Waals surface area contributed by atoms with Gasteiger partial charge in [-0.05, 0) is 27.8 Å². The normalized spacial score (nSPS) is 11.9. The lowest BCUT2D eigenvalue weighted by molar-refractivity contribution is -0.137. The molecule has 1 aromatic heterocycles. The summed E-state index contributed by atoms with van der Waals surface area (Å²) < 4.78 is 6.87. The number of aliphatic carboxylic acids is 1. The van der Waals surface area contributed by atoms with Crippen molar-refractivity contribution in [2.75, 3.05) is 18.5 Å². The first-order chi connectivity index (χ1) is 18.4. The zero-order chi connectivity index (χ0) is 26.6. The number of benzene rings is 3. The lowest BCUT2D eigenvalue weighted by atomic mass is 9.98. The summed E-state index contributed by atoms with van der Waals surface area (Å²) in [5, 5.41) is 16.1. The highest BCUT2D eigenvalue weighted by Crippen LogP contribution is 2.44. The summed E-state index contributed by atoms with van der Waals surface area (Å²) in [5.74, 6) is -1.61. The number of aromatic nitrogens is 2. The average molecular weight is 511 g/mol. The fourth-order valence-corrected chi connectivity index (χ4v) is 4.80. The van der Waals surface area contributed by atoms with Gasteiger partial charge in [0.05, 0.1) is 0 Å². The van der Waals surface area contributed by atoms with Crippen LogP contribution in [0.5, 0.6) is 0 Å². The molecule has 38 heavy (non-hydrogen) atoms. The molecule has 3 aromatic carbocycles. The highest BCUT2D eigenvalue weighted by Gasteiger charge is 2.29. The van der Waals surface area contributed by atoms with Gasteiger partial charge in [0.2, 0.25) is 0 Å². The Morgan fingerprint density at radius 2 is 1.55 bits per heavy atom. The molecule has 0 unspecified atom stereocenters. The quantitative estimate of drug-likeness (QED) is 0.361. The summed E-state index contributed by atoms with van der Waals surface area (Å²) in [6.07, 6.45) is -0.698. The number of nitrogens with zero attached hydrogens (tertiary/aromatic N) is 3. The third-order valence-electron chi connectivity index (χ3n) is 6.50. The molecule has 1 aliphatic rings. The van der Waals surface area contributed by atoms with Crippen molar-refractivity contribution in [3.8, 4) is 11.1 Å². The van der Waals surface area contributed by atoms with E-state index in [4.69, 9.17) is 4.74 Å². The number of hydrogen-bond acceptors (Lipinski definition) is 5. The van der Waals surface area contributed by atoms with Crippen LogP contribution >= 0.6 is 0 Å². The van der Waals surface area contributed by atoms with Crippen LogP contribution in [0.15, 0.2) is 84.9 Å². The molecule has 0 fully saturated rings. The maximum Gasteiger partial charge on any atom is 0.412 e. The van der Waals surface area contributed by atoms with Gasteiger partial charge in [-0.25, -0.2) is 4.79 Å². The number of ether oxygens (including phenoxy) is 1. The van der Waals surface area contributed by atoms with Crippen molar-refractivity contribution in [2.24, 2.45) is 7.05 Å². The van der Waals surface area contributed by atoms with Gasteiger partial charge in [0, 0.05) is 25.6 Å². The molecular weight excluding hydrogens is 484 g/mol. The van der Waals surface area contributed by atoms with Gasteiger partial charge in [-0.3, -0.25) is 19.6 Å². The van der Waals surface area contributed by atoms with Crippen molar-refractivity contribution in [1.82, 2.24) is 14.7 Å². The van der Waals surface area contributed by atoms with Gasteiger partial charge < -0.3 is 14.7 Å². The van der Waals surface area contributed by atoms with E-state index >= 15 is 0 Å². The first-order valence-electron chi connectivity index (χ1n) is 12.1. The molecule has 2 amide bonds. The van der Waals surface area contributed by atoms with Crippen LogP contribution in [-0.4, -0.2) is 50.9 Å². The fourth-order valence-electron chi connectivity index (χ4n) is 4.80. The topological polar surface area (TPSA) is 114 Å². The Hall–Kier alpha value is -4.92. The van der Waals surface area contributed by atoms with Crippen molar-refractivity contribution in [2.45, 2.75) is 12.5 Å². The Morgan fingerprint density at radius 3 is 2.18 bits per heavy atom. The number of fused-ring (bicyclic) bond motifs is 3. The number of nitrogens with one attached hydrogen (secondary N) is 1. The van der Waals surface area contributed by atoms with E-state index < -0.39 is 24.5 Å². The molecule has 1 aliphatic carbocycles. The second-order valence-electron chi connectivity index (χ2n) is 9.03. The molecule has 0 saturated heterocycles. The molecule has 9 nitrogen and oxygen atoms in total.